The van der Waals surface area contributed by atoms with Crippen LogP contribution in [0.4, 0.5) is 0 Å². The summed E-state index contributed by atoms with van der Waals surface area (Å²) < 4.78 is 12.3. The first kappa shape index (κ1) is 20.9. The number of carbonyl (C=O) groups is 1. The molecule has 1 aliphatic heterocycles. The Balaban J connectivity index is 1.50. The van der Waals surface area contributed by atoms with Crippen LogP contribution in [0, 0.1) is 6.92 Å². The lowest BCUT2D eigenvalue weighted by molar-refractivity contribution is -0.118. The summed E-state index contributed by atoms with van der Waals surface area (Å²) in [5, 5.41) is 11.9. The van der Waals surface area contributed by atoms with Crippen molar-refractivity contribution in [1.82, 2.24) is 20.4 Å². The summed E-state index contributed by atoms with van der Waals surface area (Å²) in [5.41, 5.74) is 1.11. The molecule has 7 nitrogen and oxygen atoms in total. The Morgan fingerprint density at radius 2 is 2.32 bits per heavy atom. The van der Waals surface area contributed by atoms with E-state index in [1.807, 2.05) is 25.1 Å². The predicted molar refractivity (Wildman–Crippen MR) is 111 cm³/mol. The van der Waals surface area contributed by atoms with Gasteiger partial charge in [-0.05, 0) is 31.5 Å². The normalized spacial score (nSPS) is 16.8. The SMILES string of the molecule is CC[C@H]1CN(CCNC(=O)CSc2nnc(C)s2)Cc2cc(OC)ccc2O1. The number of methoxy groups -OCH3 is 1. The van der Waals surface area contributed by atoms with Gasteiger partial charge in [-0.1, -0.05) is 30.0 Å². The zero-order chi connectivity index (χ0) is 19.9. The molecular formula is C19H26N4O3S2. The Morgan fingerprint density at radius 1 is 1.46 bits per heavy atom. The first-order valence-electron chi connectivity index (χ1n) is 9.33. The molecule has 1 N–H and O–H groups in total. The van der Waals surface area contributed by atoms with Gasteiger partial charge in [0.05, 0.1) is 12.9 Å². The molecule has 2 heterocycles. The summed E-state index contributed by atoms with van der Waals surface area (Å²) in [4.78, 5) is 14.4. The minimum Gasteiger partial charge on any atom is -0.497 e. The van der Waals surface area contributed by atoms with E-state index in [0.29, 0.717) is 12.3 Å². The number of benzene rings is 1. The number of amides is 1. The van der Waals surface area contributed by atoms with E-state index in [-0.39, 0.29) is 12.0 Å². The molecule has 0 bridgehead atoms. The first-order valence-corrected chi connectivity index (χ1v) is 11.1. The van der Waals surface area contributed by atoms with E-state index < -0.39 is 0 Å². The van der Waals surface area contributed by atoms with E-state index in [4.69, 9.17) is 9.47 Å². The number of nitrogens with one attached hydrogen (secondary N) is 1. The molecule has 3 rings (SSSR count). The van der Waals surface area contributed by atoms with Gasteiger partial charge < -0.3 is 14.8 Å². The molecule has 1 aromatic heterocycles. The topological polar surface area (TPSA) is 76.6 Å². The molecular weight excluding hydrogens is 396 g/mol. The van der Waals surface area contributed by atoms with Crippen molar-refractivity contribution < 1.29 is 14.3 Å². The van der Waals surface area contributed by atoms with Crippen LogP contribution < -0.4 is 14.8 Å². The quantitative estimate of drug-likeness (QED) is 0.656. The number of carbonyl (C=O) groups excluding carboxylic acids is 1. The van der Waals surface area contributed by atoms with Crippen molar-refractivity contribution in [2.45, 2.75) is 37.3 Å². The van der Waals surface area contributed by atoms with Gasteiger partial charge in [-0.3, -0.25) is 9.69 Å². The van der Waals surface area contributed by atoms with Gasteiger partial charge in [0, 0.05) is 31.7 Å². The number of hydrogen-bond acceptors (Lipinski definition) is 8. The number of hydrogen-bond donors (Lipinski definition) is 1. The van der Waals surface area contributed by atoms with E-state index in [2.05, 4.69) is 27.3 Å². The fourth-order valence-corrected chi connectivity index (χ4v) is 4.63. The average molecular weight is 423 g/mol. The lowest BCUT2D eigenvalue weighted by atomic mass is 10.2. The van der Waals surface area contributed by atoms with Crippen LogP contribution in [0.2, 0.25) is 0 Å². The highest BCUT2D eigenvalue weighted by Crippen LogP contribution is 2.29. The van der Waals surface area contributed by atoms with Gasteiger partial charge in [0.2, 0.25) is 5.91 Å². The van der Waals surface area contributed by atoms with Crippen molar-refractivity contribution in [2.24, 2.45) is 0 Å². The Kier molecular flexibility index (Phi) is 7.52. The van der Waals surface area contributed by atoms with Gasteiger partial charge >= 0.3 is 0 Å². The largest absolute Gasteiger partial charge is 0.497 e. The number of aromatic nitrogens is 2. The summed E-state index contributed by atoms with van der Waals surface area (Å²) in [6.45, 7) is 7.02. The van der Waals surface area contributed by atoms with Gasteiger partial charge in [-0.25, -0.2) is 0 Å². The third kappa shape index (κ3) is 5.83. The van der Waals surface area contributed by atoms with Crippen LogP contribution >= 0.6 is 23.1 Å². The predicted octanol–water partition coefficient (Wildman–Crippen LogP) is 2.74. The summed E-state index contributed by atoms with van der Waals surface area (Å²) in [5.74, 6) is 2.12. The second-order valence-electron chi connectivity index (χ2n) is 6.58. The molecule has 1 amide bonds. The maximum Gasteiger partial charge on any atom is 0.230 e. The highest BCUT2D eigenvalue weighted by Gasteiger charge is 2.22. The Morgan fingerprint density at radius 3 is 3.04 bits per heavy atom. The zero-order valence-corrected chi connectivity index (χ0v) is 18.1. The molecule has 9 heteroatoms. The minimum absolute atomic E-state index is 0.0121. The number of thioether (sulfide) groups is 1. The van der Waals surface area contributed by atoms with Crippen LogP contribution in [0.25, 0.3) is 0 Å². The maximum absolute atomic E-state index is 12.1. The summed E-state index contributed by atoms with van der Waals surface area (Å²) in [6, 6.07) is 5.94. The van der Waals surface area contributed by atoms with Crippen molar-refractivity contribution in [3.8, 4) is 11.5 Å². The minimum atomic E-state index is 0.0121. The number of rotatable bonds is 8. The standard InChI is InChI=1S/C19H26N4O3S2/c1-4-15-11-23(10-14-9-16(25-3)5-6-17(14)26-15)8-7-20-18(24)12-27-19-22-21-13(2)28-19/h5-6,9,15H,4,7-8,10-12H2,1-3H3,(H,20,24)/t15-/m0/s1. The van der Waals surface area contributed by atoms with Crippen molar-refractivity contribution in [3.05, 3.63) is 28.8 Å². The van der Waals surface area contributed by atoms with Gasteiger partial charge in [0.1, 0.15) is 22.6 Å². The second-order valence-corrected chi connectivity index (χ2v) is 8.99. The lowest BCUT2D eigenvalue weighted by Gasteiger charge is -2.23. The first-order chi connectivity index (χ1) is 13.6. The molecule has 1 aromatic carbocycles. The van der Waals surface area contributed by atoms with Crippen LogP contribution in [0.5, 0.6) is 11.5 Å². The van der Waals surface area contributed by atoms with E-state index in [1.165, 1.54) is 23.1 Å². The van der Waals surface area contributed by atoms with E-state index >= 15 is 0 Å². The fraction of sp³-hybridized carbons (Fsp3) is 0.526. The Bertz CT molecular complexity index is 799. The molecule has 152 valence electrons. The second kappa shape index (κ2) is 10.1. The summed E-state index contributed by atoms with van der Waals surface area (Å²) >= 11 is 2.93. The number of ether oxygens (including phenoxy) is 2. The number of nitrogens with zero attached hydrogens (tertiary/aromatic N) is 3. The van der Waals surface area contributed by atoms with Crippen molar-refractivity contribution in [2.75, 3.05) is 32.5 Å². The molecule has 0 saturated carbocycles. The fourth-order valence-electron chi connectivity index (χ4n) is 2.98. The molecule has 1 aliphatic rings. The lowest BCUT2D eigenvalue weighted by Crippen LogP contribution is -2.38. The Labute approximate surface area is 173 Å². The van der Waals surface area contributed by atoms with Gasteiger partial charge in [-0.15, -0.1) is 10.2 Å². The molecule has 1 atom stereocenters. The van der Waals surface area contributed by atoms with Crippen LogP contribution in [-0.4, -0.2) is 59.6 Å². The summed E-state index contributed by atoms with van der Waals surface area (Å²) in [7, 11) is 1.67. The maximum atomic E-state index is 12.1. The molecule has 0 spiro atoms. The van der Waals surface area contributed by atoms with Crippen LogP contribution in [-0.2, 0) is 11.3 Å². The van der Waals surface area contributed by atoms with Crippen molar-refractivity contribution in [1.29, 1.82) is 0 Å². The molecule has 28 heavy (non-hydrogen) atoms. The van der Waals surface area contributed by atoms with Gasteiger partial charge in [0.15, 0.2) is 4.34 Å². The van der Waals surface area contributed by atoms with Crippen LogP contribution in [0.3, 0.4) is 0 Å². The summed E-state index contributed by atoms with van der Waals surface area (Å²) in [6.07, 6.45) is 1.08. The molecule has 0 unspecified atom stereocenters. The Hall–Kier alpha value is -1.84. The number of fused-ring (bicyclic) bond motifs is 1. The molecule has 0 fully saturated rings. The highest BCUT2D eigenvalue weighted by molar-refractivity contribution is 8.01. The van der Waals surface area contributed by atoms with Gasteiger partial charge in [0.25, 0.3) is 0 Å². The number of aryl methyl sites for hydroxylation is 1. The van der Waals surface area contributed by atoms with Crippen molar-refractivity contribution >= 4 is 29.0 Å². The average Bonchev–Trinajstić information content (AvgIpc) is 3.02. The van der Waals surface area contributed by atoms with Crippen LogP contribution in [0.1, 0.15) is 23.9 Å². The smallest absolute Gasteiger partial charge is 0.230 e. The van der Waals surface area contributed by atoms with E-state index in [9.17, 15) is 4.79 Å². The molecule has 0 aliphatic carbocycles. The van der Waals surface area contributed by atoms with E-state index in [1.54, 1.807) is 7.11 Å². The monoisotopic (exact) mass is 422 g/mol. The third-order valence-electron chi connectivity index (χ3n) is 4.46. The third-order valence-corrected chi connectivity index (χ3v) is 6.43. The van der Waals surface area contributed by atoms with Crippen LogP contribution in [0.15, 0.2) is 22.5 Å². The van der Waals surface area contributed by atoms with E-state index in [0.717, 1.165) is 52.5 Å². The highest BCUT2D eigenvalue weighted by atomic mass is 32.2. The zero-order valence-electron chi connectivity index (χ0n) is 16.4. The molecule has 0 radical (unpaired) electrons. The molecule has 0 saturated heterocycles. The van der Waals surface area contributed by atoms with Crippen molar-refractivity contribution in [3.63, 3.8) is 0 Å². The molecule has 2 aromatic rings. The van der Waals surface area contributed by atoms with Gasteiger partial charge in [-0.2, -0.15) is 0 Å².